The minimum atomic E-state index is 0.0566. The third kappa shape index (κ3) is 3.62. The molecule has 0 aromatic heterocycles. The second-order valence-corrected chi connectivity index (χ2v) is 4.79. The van der Waals surface area contributed by atoms with Gasteiger partial charge in [-0.3, -0.25) is 0 Å². The minimum absolute atomic E-state index is 0.0566. The van der Waals surface area contributed by atoms with Gasteiger partial charge < -0.3 is 10.4 Å². The van der Waals surface area contributed by atoms with E-state index in [2.05, 4.69) is 18.8 Å². The lowest BCUT2D eigenvalue weighted by Crippen LogP contribution is -2.57. The maximum absolute atomic E-state index is 9.40. The van der Waals surface area contributed by atoms with Crippen molar-refractivity contribution in [3.63, 3.8) is 0 Å². The lowest BCUT2D eigenvalue weighted by Gasteiger charge is -2.44. The van der Waals surface area contributed by atoms with Crippen LogP contribution in [0.4, 0.5) is 0 Å². The quantitative estimate of drug-likeness (QED) is 0.605. The molecule has 0 spiro atoms. The normalized spacial score (nSPS) is 20.7. The van der Waals surface area contributed by atoms with Crippen LogP contribution in [0, 0.1) is 0 Å². The average molecular weight is 211 g/mol. The van der Waals surface area contributed by atoms with E-state index in [1.165, 1.54) is 19.3 Å². The third-order valence-corrected chi connectivity index (χ3v) is 3.48. The van der Waals surface area contributed by atoms with Gasteiger partial charge in [0, 0.05) is 11.6 Å². The van der Waals surface area contributed by atoms with Crippen LogP contribution in [0.15, 0.2) is 12.7 Å². The number of hydrogen-bond donors (Lipinski definition) is 2. The molecule has 0 saturated heterocycles. The Kier molecular flexibility index (Phi) is 5.34. The molecule has 1 fully saturated rings. The van der Waals surface area contributed by atoms with Crippen molar-refractivity contribution < 1.29 is 5.11 Å². The first-order chi connectivity index (χ1) is 7.26. The van der Waals surface area contributed by atoms with E-state index < -0.39 is 0 Å². The van der Waals surface area contributed by atoms with Crippen molar-refractivity contribution in [3.8, 4) is 0 Å². The Morgan fingerprint density at radius 3 is 2.60 bits per heavy atom. The van der Waals surface area contributed by atoms with E-state index >= 15 is 0 Å². The minimum Gasteiger partial charge on any atom is -0.394 e. The largest absolute Gasteiger partial charge is 0.394 e. The molecule has 0 aromatic carbocycles. The number of hydrogen-bond acceptors (Lipinski definition) is 2. The molecule has 0 radical (unpaired) electrons. The van der Waals surface area contributed by atoms with Gasteiger partial charge in [0.25, 0.3) is 0 Å². The summed E-state index contributed by atoms with van der Waals surface area (Å²) >= 11 is 0. The van der Waals surface area contributed by atoms with Crippen LogP contribution in [0.2, 0.25) is 0 Å². The topological polar surface area (TPSA) is 32.3 Å². The molecule has 1 aliphatic rings. The van der Waals surface area contributed by atoms with Crippen LogP contribution in [0.5, 0.6) is 0 Å². The molecule has 2 nitrogen and oxygen atoms in total. The highest BCUT2D eigenvalue weighted by molar-refractivity contribution is 4.97. The van der Waals surface area contributed by atoms with Gasteiger partial charge in [-0.25, -0.2) is 0 Å². The molecule has 15 heavy (non-hydrogen) atoms. The van der Waals surface area contributed by atoms with E-state index in [1.807, 2.05) is 6.08 Å². The van der Waals surface area contributed by atoms with Crippen molar-refractivity contribution in [2.24, 2.45) is 0 Å². The van der Waals surface area contributed by atoms with Crippen molar-refractivity contribution in [2.75, 3.05) is 6.61 Å². The van der Waals surface area contributed by atoms with Crippen LogP contribution in [-0.4, -0.2) is 23.3 Å². The number of aliphatic hydroxyl groups excluding tert-OH is 1. The lowest BCUT2D eigenvalue weighted by atomic mass is 9.76. The number of aliphatic hydroxyl groups is 1. The van der Waals surface area contributed by atoms with Crippen LogP contribution < -0.4 is 5.32 Å². The summed E-state index contributed by atoms with van der Waals surface area (Å²) in [5.74, 6) is 0. The Morgan fingerprint density at radius 2 is 2.20 bits per heavy atom. The number of nitrogens with one attached hydrogen (secondary N) is 1. The molecule has 1 rings (SSSR count). The lowest BCUT2D eigenvalue weighted by molar-refractivity contribution is 0.0739. The van der Waals surface area contributed by atoms with Gasteiger partial charge in [-0.1, -0.05) is 19.4 Å². The van der Waals surface area contributed by atoms with Gasteiger partial charge in [-0.15, -0.1) is 6.58 Å². The van der Waals surface area contributed by atoms with E-state index in [0.717, 1.165) is 25.7 Å². The first-order valence-electron chi connectivity index (χ1n) is 6.26. The highest BCUT2D eigenvalue weighted by Gasteiger charge is 2.37. The molecule has 0 aromatic rings. The number of rotatable bonds is 8. The van der Waals surface area contributed by atoms with E-state index in [1.54, 1.807) is 0 Å². The standard InChI is InChI=1S/C13H25NO/c1-3-5-8-12(7-4-2)14-13(11-15)9-6-10-13/h3,12,14-15H,1,4-11H2,2H3. The van der Waals surface area contributed by atoms with Crippen molar-refractivity contribution in [3.05, 3.63) is 12.7 Å². The van der Waals surface area contributed by atoms with Crippen LogP contribution >= 0.6 is 0 Å². The molecule has 0 aliphatic heterocycles. The van der Waals surface area contributed by atoms with E-state index in [0.29, 0.717) is 12.6 Å². The van der Waals surface area contributed by atoms with Crippen molar-refractivity contribution in [1.29, 1.82) is 0 Å². The average Bonchev–Trinajstić information content (AvgIpc) is 2.20. The summed E-state index contributed by atoms with van der Waals surface area (Å²) in [7, 11) is 0. The summed E-state index contributed by atoms with van der Waals surface area (Å²) in [5.41, 5.74) is 0.0566. The predicted octanol–water partition coefficient (Wildman–Crippen LogP) is 2.63. The highest BCUT2D eigenvalue weighted by Crippen LogP contribution is 2.32. The molecular formula is C13H25NO. The second kappa shape index (κ2) is 6.29. The summed E-state index contributed by atoms with van der Waals surface area (Å²) in [6, 6.07) is 0.556. The summed E-state index contributed by atoms with van der Waals surface area (Å²) in [4.78, 5) is 0. The maximum atomic E-state index is 9.40. The molecule has 1 unspecified atom stereocenters. The zero-order chi connectivity index (χ0) is 11.1. The first kappa shape index (κ1) is 12.7. The van der Waals surface area contributed by atoms with Gasteiger partial charge in [0.15, 0.2) is 0 Å². The first-order valence-corrected chi connectivity index (χ1v) is 6.26. The van der Waals surface area contributed by atoms with Crippen LogP contribution in [0.3, 0.4) is 0 Å². The fourth-order valence-electron chi connectivity index (χ4n) is 2.34. The Hall–Kier alpha value is -0.340. The fraction of sp³-hybridized carbons (Fsp3) is 0.846. The predicted molar refractivity (Wildman–Crippen MR) is 64.9 cm³/mol. The summed E-state index contributed by atoms with van der Waals surface area (Å²) in [6.45, 7) is 6.28. The smallest absolute Gasteiger partial charge is 0.0613 e. The van der Waals surface area contributed by atoms with E-state index in [4.69, 9.17) is 0 Å². The Balaban J connectivity index is 2.37. The highest BCUT2D eigenvalue weighted by atomic mass is 16.3. The zero-order valence-electron chi connectivity index (χ0n) is 9.97. The van der Waals surface area contributed by atoms with E-state index in [-0.39, 0.29) is 5.54 Å². The Bertz CT molecular complexity index is 181. The van der Waals surface area contributed by atoms with Crippen molar-refractivity contribution in [1.82, 2.24) is 5.32 Å². The summed E-state index contributed by atoms with van der Waals surface area (Å²) < 4.78 is 0. The molecule has 1 atom stereocenters. The fourth-order valence-corrected chi connectivity index (χ4v) is 2.34. The summed E-state index contributed by atoms with van der Waals surface area (Å²) in [5, 5.41) is 13.1. The maximum Gasteiger partial charge on any atom is 0.0613 e. The Morgan fingerprint density at radius 1 is 1.47 bits per heavy atom. The van der Waals surface area contributed by atoms with Gasteiger partial charge in [0.2, 0.25) is 0 Å². The van der Waals surface area contributed by atoms with Crippen LogP contribution in [-0.2, 0) is 0 Å². The van der Waals surface area contributed by atoms with Gasteiger partial charge in [0.05, 0.1) is 6.61 Å². The Labute approximate surface area is 93.8 Å². The van der Waals surface area contributed by atoms with Gasteiger partial charge >= 0.3 is 0 Å². The molecule has 0 amide bonds. The molecular weight excluding hydrogens is 186 g/mol. The molecule has 2 N–H and O–H groups in total. The molecule has 88 valence electrons. The monoisotopic (exact) mass is 211 g/mol. The molecule has 2 heteroatoms. The zero-order valence-corrected chi connectivity index (χ0v) is 9.97. The molecule has 1 saturated carbocycles. The van der Waals surface area contributed by atoms with E-state index in [9.17, 15) is 5.11 Å². The number of allylic oxidation sites excluding steroid dienone is 1. The van der Waals surface area contributed by atoms with Gasteiger partial charge in [0.1, 0.15) is 0 Å². The van der Waals surface area contributed by atoms with Crippen molar-refractivity contribution >= 4 is 0 Å². The van der Waals surface area contributed by atoms with Gasteiger partial charge in [-0.2, -0.15) is 0 Å². The van der Waals surface area contributed by atoms with Crippen LogP contribution in [0.1, 0.15) is 51.9 Å². The van der Waals surface area contributed by atoms with Gasteiger partial charge in [-0.05, 0) is 38.5 Å². The SMILES string of the molecule is C=CCCC(CCC)NC1(CO)CCC1. The second-order valence-electron chi connectivity index (χ2n) is 4.79. The summed E-state index contributed by atoms with van der Waals surface area (Å²) in [6.07, 6.45) is 10.1. The molecule has 0 bridgehead atoms. The van der Waals surface area contributed by atoms with Crippen molar-refractivity contribution in [2.45, 2.75) is 63.5 Å². The third-order valence-electron chi connectivity index (χ3n) is 3.48. The molecule has 1 aliphatic carbocycles. The molecule has 0 heterocycles. The van der Waals surface area contributed by atoms with Crippen LogP contribution in [0.25, 0.3) is 0 Å².